The van der Waals surface area contributed by atoms with Crippen molar-refractivity contribution in [2.24, 2.45) is 0 Å². The minimum Gasteiger partial charge on any atom is -0.384 e. The largest absolute Gasteiger partial charge is 0.384 e. The van der Waals surface area contributed by atoms with Crippen molar-refractivity contribution in [2.75, 3.05) is 11.5 Å². The molecule has 2 unspecified atom stereocenters. The smallest absolute Gasteiger partial charge is 0.129 e. The highest BCUT2D eigenvalue weighted by Crippen LogP contribution is 2.44. The van der Waals surface area contributed by atoms with Gasteiger partial charge in [0.2, 0.25) is 0 Å². The highest BCUT2D eigenvalue weighted by molar-refractivity contribution is 8.00. The second-order valence-corrected chi connectivity index (χ2v) is 5.66. The SMILES string of the molecule is CC1SCCC1(O)c1cc(Cl)cnc1N. The van der Waals surface area contributed by atoms with Crippen LogP contribution in [0.25, 0.3) is 0 Å². The Morgan fingerprint density at radius 3 is 3.07 bits per heavy atom. The van der Waals surface area contributed by atoms with Gasteiger partial charge in [-0.3, -0.25) is 0 Å². The molecule has 2 atom stereocenters. The molecule has 0 aromatic carbocycles. The summed E-state index contributed by atoms with van der Waals surface area (Å²) in [5.41, 5.74) is 5.56. The van der Waals surface area contributed by atoms with Crippen molar-refractivity contribution in [1.29, 1.82) is 0 Å². The molecule has 3 N–H and O–H groups in total. The van der Waals surface area contributed by atoms with E-state index in [-0.39, 0.29) is 5.25 Å². The third-order valence-corrected chi connectivity index (χ3v) is 4.41. The number of thioether (sulfide) groups is 1. The Kier molecular flexibility index (Phi) is 2.83. The van der Waals surface area contributed by atoms with E-state index in [2.05, 4.69) is 4.98 Å². The predicted octanol–water partition coefficient (Wildman–Crippen LogP) is 2.03. The maximum absolute atomic E-state index is 10.5. The second-order valence-electron chi connectivity index (χ2n) is 3.77. The van der Waals surface area contributed by atoms with Gasteiger partial charge in [-0.15, -0.1) is 0 Å². The number of hydrogen-bond donors (Lipinski definition) is 2. The van der Waals surface area contributed by atoms with Gasteiger partial charge in [0.25, 0.3) is 0 Å². The fraction of sp³-hybridized carbons (Fsp3) is 0.500. The molecule has 15 heavy (non-hydrogen) atoms. The Balaban J connectivity index is 2.48. The Bertz CT molecular complexity index is 388. The number of halogens is 1. The molecule has 2 rings (SSSR count). The minimum atomic E-state index is -0.882. The lowest BCUT2D eigenvalue weighted by atomic mass is 9.89. The fourth-order valence-corrected chi connectivity index (χ4v) is 3.34. The molecule has 5 heteroatoms. The van der Waals surface area contributed by atoms with Crippen molar-refractivity contribution in [2.45, 2.75) is 24.2 Å². The Morgan fingerprint density at radius 2 is 2.47 bits per heavy atom. The van der Waals surface area contributed by atoms with Crippen molar-refractivity contribution >= 4 is 29.2 Å². The number of nitrogen functional groups attached to an aromatic ring is 1. The van der Waals surface area contributed by atoms with Gasteiger partial charge < -0.3 is 10.8 Å². The lowest BCUT2D eigenvalue weighted by Gasteiger charge is -2.28. The van der Waals surface area contributed by atoms with Crippen LogP contribution < -0.4 is 5.73 Å². The van der Waals surface area contributed by atoms with Gasteiger partial charge in [0.1, 0.15) is 11.4 Å². The van der Waals surface area contributed by atoms with E-state index in [0.29, 0.717) is 22.8 Å². The molecule has 0 spiro atoms. The van der Waals surface area contributed by atoms with Crippen molar-refractivity contribution < 1.29 is 5.11 Å². The second kappa shape index (κ2) is 3.85. The average molecular weight is 245 g/mol. The van der Waals surface area contributed by atoms with Gasteiger partial charge in [0.05, 0.1) is 5.02 Å². The Labute approximate surface area is 98.0 Å². The quantitative estimate of drug-likeness (QED) is 0.794. The lowest BCUT2D eigenvalue weighted by Crippen LogP contribution is -2.32. The third-order valence-electron chi connectivity index (χ3n) is 2.88. The zero-order valence-electron chi connectivity index (χ0n) is 8.40. The van der Waals surface area contributed by atoms with Crippen LogP contribution in [0.15, 0.2) is 12.3 Å². The number of hydrogen-bond acceptors (Lipinski definition) is 4. The van der Waals surface area contributed by atoms with Crippen molar-refractivity contribution in [3.63, 3.8) is 0 Å². The zero-order chi connectivity index (χ0) is 11.1. The molecule has 1 aromatic rings. The van der Waals surface area contributed by atoms with E-state index in [4.69, 9.17) is 17.3 Å². The topological polar surface area (TPSA) is 59.1 Å². The third kappa shape index (κ3) is 1.82. The van der Waals surface area contributed by atoms with Gasteiger partial charge in [0, 0.05) is 17.0 Å². The monoisotopic (exact) mass is 244 g/mol. The maximum Gasteiger partial charge on any atom is 0.129 e. The molecule has 1 aliphatic rings. The number of anilines is 1. The fourth-order valence-electron chi connectivity index (χ4n) is 1.88. The van der Waals surface area contributed by atoms with Crippen LogP contribution in [0.1, 0.15) is 18.9 Å². The normalized spacial score (nSPS) is 30.7. The lowest BCUT2D eigenvalue weighted by molar-refractivity contribution is 0.0432. The van der Waals surface area contributed by atoms with Crippen LogP contribution in [-0.2, 0) is 5.60 Å². The van der Waals surface area contributed by atoms with Gasteiger partial charge in [-0.05, 0) is 18.2 Å². The molecular formula is C10H13ClN2OS. The summed E-state index contributed by atoms with van der Waals surface area (Å²) in [5.74, 6) is 1.31. The van der Waals surface area contributed by atoms with Crippen LogP contribution in [0, 0.1) is 0 Å². The standard InChI is InChI=1S/C10H13ClN2OS/c1-6-10(14,2-3-15-6)8-4-7(11)5-13-9(8)12/h4-6,14H,2-3H2,1H3,(H2,12,13). The molecule has 1 fully saturated rings. The van der Waals surface area contributed by atoms with E-state index < -0.39 is 5.60 Å². The summed E-state index contributed by atoms with van der Waals surface area (Å²) in [5, 5.41) is 11.2. The maximum atomic E-state index is 10.5. The summed E-state index contributed by atoms with van der Waals surface area (Å²) < 4.78 is 0. The molecular weight excluding hydrogens is 232 g/mol. The number of pyridine rings is 1. The molecule has 82 valence electrons. The van der Waals surface area contributed by atoms with E-state index in [0.717, 1.165) is 5.75 Å². The molecule has 1 aromatic heterocycles. The zero-order valence-corrected chi connectivity index (χ0v) is 9.98. The molecule has 1 saturated heterocycles. The van der Waals surface area contributed by atoms with Gasteiger partial charge in [-0.2, -0.15) is 11.8 Å². The average Bonchev–Trinajstić information content (AvgIpc) is 2.52. The summed E-state index contributed by atoms with van der Waals surface area (Å²) in [4.78, 5) is 3.98. The summed E-state index contributed by atoms with van der Waals surface area (Å²) in [6, 6.07) is 1.71. The first-order chi connectivity index (χ1) is 7.04. The van der Waals surface area contributed by atoms with Gasteiger partial charge in [-0.1, -0.05) is 18.5 Å². The van der Waals surface area contributed by atoms with Crippen molar-refractivity contribution in [1.82, 2.24) is 4.98 Å². The summed E-state index contributed by atoms with van der Waals surface area (Å²) in [6.07, 6.45) is 2.20. The van der Waals surface area contributed by atoms with E-state index in [9.17, 15) is 5.11 Å². The number of aliphatic hydroxyl groups is 1. The van der Waals surface area contributed by atoms with Crippen molar-refractivity contribution in [3.8, 4) is 0 Å². The van der Waals surface area contributed by atoms with Crippen LogP contribution in [0.3, 0.4) is 0 Å². The number of nitrogens with zero attached hydrogens (tertiary/aromatic N) is 1. The minimum absolute atomic E-state index is 0.125. The van der Waals surface area contributed by atoms with Crippen LogP contribution >= 0.6 is 23.4 Å². The van der Waals surface area contributed by atoms with E-state index >= 15 is 0 Å². The number of aromatic nitrogens is 1. The highest BCUT2D eigenvalue weighted by Gasteiger charge is 2.42. The van der Waals surface area contributed by atoms with Gasteiger partial charge >= 0.3 is 0 Å². The van der Waals surface area contributed by atoms with E-state index in [1.165, 1.54) is 6.20 Å². The summed E-state index contributed by atoms with van der Waals surface area (Å²) in [7, 11) is 0. The summed E-state index contributed by atoms with van der Waals surface area (Å²) >= 11 is 7.61. The van der Waals surface area contributed by atoms with Crippen molar-refractivity contribution in [3.05, 3.63) is 22.8 Å². The first kappa shape index (κ1) is 11.0. The molecule has 0 radical (unpaired) electrons. The molecule has 0 amide bonds. The molecule has 0 saturated carbocycles. The van der Waals surface area contributed by atoms with Crippen LogP contribution in [0.5, 0.6) is 0 Å². The molecule has 1 aliphatic heterocycles. The van der Waals surface area contributed by atoms with Crippen LogP contribution in [-0.4, -0.2) is 21.1 Å². The van der Waals surface area contributed by atoms with Gasteiger partial charge in [-0.25, -0.2) is 4.98 Å². The highest BCUT2D eigenvalue weighted by atomic mass is 35.5. The molecule has 0 aliphatic carbocycles. The van der Waals surface area contributed by atoms with Crippen LogP contribution in [0.4, 0.5) is 5.82 Å². The summed E-state index contributed by atoms with van der Waals surface area (Å²) in [6.45, 7) is 2.00. The number of nitrogens with two attached hydrogens (primary N) is 1. The van der Waals surface area contributed by atoms with Gasteiger partial charge in [0.15, 0.2) is 0 Å². The molecule has 2 heterocycles. The first-order valence-corrected chi connectivity index (χ1v) is 6.22. The molecule has 0 bridgehead atoms. The first-order valence-electron chi connectivity index (χ1n) is 4.79. The predicted molar refractivity (Wildman–Crippen MR) is 64.1 cm³/mol. The Hall–Kier alpha value is -0.450. The van der Waals surface area contributed by atoms with Crippen LogP contribution in [0.2, 0.25) is 5.02 Å². The van der Waals surface area contributed by atoms with E-state index in [1.807, 2.05) is 6.92 Å². The van der Waals surface area contributed by atoms with E-state index in [1.54, 1.807) is 17.8 Å². The number of rotatable bonds is 1. The molecule has 3 nitrogen and oxygen atoms in total. The Morgan fingerprint density at radius 1 is 1.73 bits per heavy atom.